The van der Waals surface area contributed by atoms with Crippen LogP contribution in [0.2, 0.25) is 0 Å². The second-order valence-corrected chi connectivity index (χ2v) is 15.6. The zero-order chi connectivity index (χ0) is 37.4. The van der Waals surface area contributed by atoms with E-state index in [1.165, 1.54) is 11.0 Å². The standard InChI is InChI=1S/C37H48N3O10P/c1-6-9-10-16-40(51(48,49-7-2)50-8-3)20-21-12-11-13-22(17-21)24-14-15-27(41)29-25(24)18-23-19-26-31(39(4)5)33(43)30(36(38)46)35(45)37(26,47)34(44)28(23)32(29)42/h11-15,17,23,26,31,41-42,45,47H,6-10,16,18-20H2,1-5H3,(H2,38,46)/t23-,26-,31-,37-/m0/s1. The van der Waals surface area contributed by atoms with Crippen molar-refractivity contribution in [2.24, 2.45) is 17.6 Å². The fourth-order valence-corrected chi connectivity index (χ4v) is 9.70. The van der Waals surface area contributed by atoms with Gasteiger partial charge in [0.25, 0.3) is 5.91 Å². The largest absolute Gasteiger partial charge is 0.508 e. The normalized spacial score (nSPS) is 23.5. The Labute approximate surface area is 297 Å². The molecule has 14 heteroatoms. The molecule has 3 aliphatic rings. The van der Waals surface area contributed by atoms with Crippen LogP contribution in [0.25, 0.3) is 16.9 Å². The molecule has 13 nitrogen and oxygen atoms in total. The molecule has 5 rings (SSSR count). The molecule has 1 fully saturated rings. The van der Waals surface area contributed by atoms with E-state index in [0.717, 1.165) is 30.4 Å². The highest BCUT2D eigenvalue weighted by Gasteiger charge is 2.64. The smallest absolute Gasteiger partial charge is 0.408 e. The average molecular weight is 726 g/mol. The number of likely N-dealkylation sites (N-methyl/N-ethyl adjacent to an activating group) is 1. The number of aliphatic hydroxyl groups excluding tert-OH is 2. The van der Waals surface area contributed by atoms with Crippen molar-refractivity contribution in [3.05, 3.63) is 70.0 Å². The fraction of sp³-hybridized carbons (Fsp3) is 0.486. The lowest BCUT2D eigenvalue weighted by molar-refractivity contribution is -0.153. The Bertz CT molecular complexity index is 1830. The minimum absolute atomic E-state index is 0.00702. The number of hydrogen-bond donors (Lipinski definition) is 5. The second-order valence-electron chi connectivity index (χ2n) is 13.5. The van der Waals surface area contributed by atoms with E-state index in [4.69, 9.17) is 14.8 Å². The van der Waals surface area contributed by atoms with E-state index in [9.17, 15) is 39.4 Å². The van der Waals surface area contributed by atoms with Gasteiger partial charge in [-0.25, -0.2) is 9.24 Å². The van der Waals surface area contributed by atoms with Crippen molar-refractivity contribution in [2.75, 3.05) is 33.9 Å². The van der Waals surface area contributed by atoms with E-state index < -0.39 is 65.8 Å². The van der Waals surface area contributed by atoms with Gasteiger partial charge in [0.2, 0.25) is 5.78 Å². The maximum absolute atomic E-state index is 14.2. The van der Waals surface area contributed by atoms with E-state index >= 15 is 0 Å². The number of benzene rings is 2. The number of aromatic hydroxyl groups is 1. The number of nitrogens with zero attached hydrogens (tertiary/aromatic N) is 2. The van der Waals surface area contributed by atoms with Crippen LogP contribution in [-0.2, 0) is 41.0 Å². The van der Waals surface area contributed by atoms with Crippen LogP contribution in [0.4, 0.5) is 0 Å². The Kier molecular flexibility index (Phi) is 11.3. The molecule has 4 atom stereocenters. The SMILES string of the molecule is CCCCCN(Cc1cccc(-c2ccc(O)c3c2C[C@H]2C[C@H]4[C@H](N(C)C)C(=O)C(C(N)=O)=C(O)[C@@]4(O)C(=O)C2=C3O)c1)P(=O)(OCC)OCC. The summed E-state index contributed by atoms with van der Waals surface area (Å²) in [6.07, 6.45) is 2.86. The summed E-state index contributed by atoms with van der Waals surface area (Å²) in [6, 6.07) is 9.52. The molecule has 51 heavy (non-hydrogen) atoms. The Balaban J connectivity index is 1.59. The zero-order valence-corrected chi connectivity index (χ0v) is 30.6. The van der Waals surface area contributed by atoms with E-state index in [1.807, 2.05) is 24.3 Å². The molecule has 0 spiro atoms. The highest BCUT2D eigenvalue weighted by Crippen LogP contribution is 2.55. The first-order valence-corrected chi connectivity index (χ1v) is 18.9. The summed E-state index contributed by atoms with van der Waals surface area (Å²) in [4.78, 5) is 41.4. The molecule has 276 valence electrons. The predicted octanol–water partition coefficient (Wildman–Crippen LogP) is 4.80. The highest BCUT2D eigenvalue weighted by molar-refractivity contribution is 7.51. The number of phenolic OH excluding ortho intramolecular Hbond substituents is 1. The summed E-state index contributed by atoms with van der Waals surface area (Å²) in [7, 11) is -0.474. The summed E-state index contributed by atoms with van der Waals surface area (Å²) in [5, 5.41) is 45.7. The second kappa shape index (κ2) is 15.0. The van der Waals surface area contributed by atoms with Crippen LogP contribution >= 0.6 is 7.75 Å². The Morgan fingerprint density at radius 3 is 2.33 bits per heavy atom. The summed E-state index contributed by atoms with van der Waals surface area (Å²) < 4.78 is 27.0. The monoisotopic (exact) mass is 725 g/mol. The number of unbranched alkanes of at least 4 members (excludes halogenated alkanes) is 2. The number of Topliss-reactive ketones (excluding diaryl/α,β-unsaturated/α-hetero) is 2. The van der Waals surface area contributed by atoms with Crippen LogP contribution in [-0.4, -0.2) is 93.0 Å². The molecule has 0 heterocycles. The quantitative estimate of drug-likeness (QED) is 0.101. The zero-order valence-electron chi connectivity index (χ0n) is 29.7. The van der Waals surface area contributed by atoms with E-state index in [1.54, 1.807) is 38.7 Å². The van der Waals surface area contributed by atoms with Gasteiger partial charge in [0.05, 0.1) is 24.8 Å². The molecule has 2 aromatic carbocycles. The summed E-state index contributed by atoms with van der Waals surface area (Å²) in [6.45, 7) is 6.83. The van der Waals surface area contributed by atoms with Crippen LogP contribution in [0, 0.1) is 11.8 Å². The maximum Gasteiger partial charge on any atom is 0.408 e. The van der Waals surface area contributed by atoms with Crippen LogP contribution in [0.5, 0.6) is 5.75 Å². The predicted molar refractivity (Wildman–Crippen MR) is 190 cm³/mol. The molecular formula is C37H48N3O10P. The number of aliphatic hydroxyl groups is 3. The third-order valence-electron chi connectivity index (χ3n) is 10.2. The molecule has 0 aliphatic heterocycles. The van der Waals surface area contributed by atoms with Gasteiger partial charge in [0.15, 0.2) is 11.4 Å². The average Bonchev–Trinajstić information content (AvgIpc) is 3.06. The number of carbonyl (C=O) groups is 3. The van der Waals surface area contributed by atoms with Gasteiger partial charge in [-0.2, -0.15) is 0 Å². The molecule has 1 saturated carbocycles. The third-order valence-corrected chi connectivity index (χ3v) is 12.4. The van der Waals surface area contributed by atoms with E-state index in [-0.39, 0.29) is 49.5 Å². The van der Waals surface area contributed by atoms with Gasteiger partial charge in [-0.15, -0.1) is 0 Å². The van der Waals surface area contributed by atoms with E-state index in [2.05, 4.69) is 6.92 Å². The molecule has 2 aromatic rings. The van der Waals surface area contributed by atoms with Crippen molar-refractivity contribution in [2.45, 2.75) is 71.1 Å². The minimum Gasteiger partial charge on any atom is -0.508 e. The number of primary amides is 1. The van der Waals surface area contributed by atoms with E-state index in [0.29, 0.717) is 17.7 Å². The number of hydrogen-bond acceptors (Lipinski definition) is 11. The number of phenols is 1. The van der Waals surface area contributed by atoms with Gasteiger partial charge in [0.1, 0.15) is 22.8 Å². The number of ketones is 2. The van der Waals surface area contributed by atoms with Crippen molar-refractivity contribution in [1.29, 1.82) is 0 Å². The van der Waals surface area contributed by atoms with Crippen LogP contribution in [0.1, 0.15) is 63.1 Å². The number of fused-ring (bicyclic) bond motifs is 3. The fourth-order valence-electron chi connectivity index (χ4n) is 7.92. The van der Waals surface area contributed by atoms with Gasteiger partial charge in [-0.05, 0) is 87.5 Å². The number of amides is 1. The van der Waals surface area contributed by atoms with Crippen molar-refractivity contribution in [3.8, 4) is 16.9 Å². The third kappa shape index (κ3) is 6.67. The lowest BCUT2D eigenvalue weighted by atomic mass is 9.57. The molecule has 0 unspecified atom stereocenters. The maximum atomic E-state index is 14.2. The summed E-state index contributed by atoms with van der Waals surface area (Å²) >= 11 is 0. The number of rotatable bonds is 14. The molecule has 0 saturated heterocycles. The highest BCUT2D eigenvalue weighted by atomic mass is 31.2. The lowest BCUT2D eigenvalue weighted by Gasteiger charge is -2.50. The van der Waals surface area contributed by atoms with Gasteiger partial charge < -0.3 is 26.2 Å². The first-order chi connectivity index (χ1) is 24.2. The first-order valence-electron chi connectivity index (χ1n) is 17.4. The Hall–Kier alpha value is -3.84. The van der Waals surface area contributed by atoms with Crippen molar-refractivity contribution < 1.29 is 48.4 Å². The van der Waals surface area contributed by atoms with Crippen LogP contribution in [0.3, 0.4) is 0 Å². The Morgan fingerprint density at radius 1 is 1.04 bits per heavy atom. The van der Waals surface area contributed by atoms with Crippen molar-refractivity contribution in [1.82, 2.24) is 9.57 Å². The Morgan fingerprint density at radius 2 is 1.73 bits per heavy atom. The van der Waals surface area contributed by atoms with Gasteiger partial charge in [0, 0.05) is 24.6 Å². The minimum atomic E-state index is -3.59. The topological polar surface area (TPSA) is 200 Å². The van der Waals surface area contributed by atoms with Crippen molar-refractivity contribution in [3.63, 3.8) is 0 Å². The number of carbonyl (C=O) groups excluding carboxylic acids is 3. The van der Waals surface area contributed by atoms with Crippen LogP contribution in [0.15, 0.2) is 53.3 Å². The molecule has 3 aliphatic carbocycles. The lowest BCUT2D eigenvalue weighted by Crippen LogP contribution is -2.65. The first kappa shape index (κ1) is 38.4. The molecular weight excluding hydrogens is 677 g/mol. The molecule has 0 aromatic heterocycles. The molecule has 0 bridgehead atoms. The van der Waals surface area contributed by atoms with Crippen LogP contribution < -0.4 is 5.73 Å². The van der Waals surface area contributed by atoms with Gasteiger partial charge in [-0.1, -0.05) is 44.0 Å². The molecule has 0 radical (unpaired) electrons. The molecule has 6 N–H and O–H groups in total. The molecule has 1 amide bonds. The summed E-state index contributed by atoms with van der Waals surface area (Å²) in [5.74, 6) is -7.03. The number of nitrogens with two attached hydrogens (primary N) is 1. The van der Waals surface area contributed by atoms with Gasteiger partial charge >= 0.3 is 7.75 Å². The summed E-state index contributed by atoms with van der Waals surface area (Å²) in [5.41, 5.74) is 4.42. The van der Waals surface area contributed by atoms with Crippen molar-refractivity contribution >= 4 is 31.0 Å². The van der Waals surface area contributed by atoms with Gasteiger partial charge in [-0.3, -0.25) is 28.3 Å².